The molecule has 1 aromatic heterocycles. The summed E-state index contributed by atoms with van der Waals surface area (Å²) in [5.74, 6) is -0.427. The van der Waals surface area contributed by atoms with E-state index in [1.165, 1.54) is 0 Å². The van der Waals surface area contributed by atoms with Crippen LogP contribution < -0.4 is 10.2 Å². The molecule has 3 aromatic rings. The van der Waals surface area contributed by atoms with Crippen LogP contribution in [0.3, 0.4) is 0 Å². The van der Waals surface area contributed by atoms with Gasteiger partial charge >= 0.3 is 0 Å². The van der Waals surface area contributed by atoms with Crippen LogP contribution in [0.5, 0.6) is 0 Å². The van der Waals surface area contributed by atoms with Crippen molar-refractivity contribution >= 4 is 23.2 Å². The highest BCUT2D eigenvalue weighted by molar-refractivity contribution is 6.00. The molecular formula is C27H33N5O3. The Morgan fingerprint density at radius 3 is 2.29 bits per heavy atom. The molecule has 8 nitrogen and oxygen atoms in total. The third kappa shape index (κ3) is 5.71. The first-order chi connectivity index (χ1) is 17.0. The lowest BCUT2D eigenvalue weighted by Gasteiger charge is -2.29. The van der Waals surface area contributed by atoms with Crippen LogP contribution in [0.15, 0.2) is 54.7 Å². The summed E-state index contributed by atoms with van der Waals surface area (Å²) in [5, 5.41) is 7.39. The van der Waals surface area contributed by atoms with Crippen LogP contribution in [0, 0.1) is 6.92 Å². The molecular weight excluding hydrogens is 442 g/mol. The number of benzene rings is 2. The van der Waals surface area contributed by atoms with Gasteiger partial charge in [0.25, 0.3) is 5.91 Å². The summed E-state index contributed by atoms with van der Waals surface area (Å²) >= 11 is 0. The minimum atomic E-state index is -0.233. The van der Waals surface area contributed by atoms with E-state index in [2.05, 4.69) is 15.3 Å². The Morgan fingerprint density at radius 1 is 1.00 bits per heavy atom. The highest BCUT2D eigenvalue weighted by Gasteiger charge is 2.23. The van der Waals surface area contributed by atoms with Gasteiger partial charge in [-0.2, -0.15) is 5.10 Å². The number of hydrogen-bond donors (Lipinski definition) is 1. The lowest BCUT2D eigenvalue weighted by Crippen LogP contribution is -2.38. The van der Waals surface area contributed by atoms with Gasteiger partial charge in [-0.25, -0.2) is 4.68 Å². The Kier molecular flexibility index (Phi) is 7.82. The lowest BCUT2D eigenvalue weighted by atomic mass is 10.1. The second-order valence-electron chi connectivity index (χ2n) is 8.62. The summed E-state index contributed by atoms with van der Waals surface area (Å²) in [6, 6.07) is 15.8. The van der Waals surface area contributed by atoms with Crippen molar-refractivity contribution in [2.24, 2.45) is 0 Å². The topological polar surface area (TPSA) is 79.7 Å². The van der Waals surface area contributed by atoms with Crippen LogP contribution in [0.2, 0.25) is 0 Å². The Balaban J connectivity index is 1.42. The van der Waals surface area contributed by atoms with E-state index in [9.17, 15) is 9.59 Å². The number of aryl methyl sites for hydroxylation is 1. The van der Waals surface area contributed by atoms with E-state index >= 15 is 0 Å². The SMILES string of the molecule is CCc1c(C(=O)N(CC)CC(=O)Nc2ccc(N3CCOCC3)cc2)cnn1-c1ccc(C)cc1. The fraction of sp³-hybridized carbons (Fsp3) is 0.370. The minimum Gasteiger partial charge on any atom is -0.378 e. The molecule has 1 aliphatic rings. The van der Waals surface area contributed by atoms with Crippen molar-refractivity contribution in [1.29, 1.82) is 0 Å². The van der Waals surface area contributed by atoms with E-state index in [4.69, 9.17) is 4.74 Å². The fourth-order valence-corrected chi connectivity index (χ4v) is 4.25. The van der Waals surface area contributed by atoms with E-state index < -0.39 is 0 Å². The van der Waals surface area contributed by atoms with Crippen LogP contribution in [0.1, 0.15) is 35.5 Å². The highest BCUT2D eigenvalue weighted by Crippen LogP contribution is 2.20. The molecule has 4 rings (SSSR count). The maximum absolute atomic E-state index is 13.3. The van der Waals surface area contributed by atoms with Crippen molar-refractivity contribution in [2.45, 2.75) is 27.2 Å². The third-order valence-corrected chi connectivity index (χ3v) is 6.24. The molecule has 1 N–H and O–H groups in total. The van der Waals surface area contributed by atoms with Crippen molar-refractivity contribution in [2.75, 3.05) is 49.6 Å². The predicted octanol–water partition coefficient (Wildman–Crippen LogP) is 3.68. The van der Waals surface area contributed by atoms with Crippen LogP contribution >= 0.6 is 0 Å². The summed E-state index contributed by atoms with van der Waals surface area (Å²) in [6.45, 7) is 9.47. The van der Waals surface area contributed by atoms with Gasteiger partial charge in [0.05, 0.1) is 36.4 Å². The second kappa shape index (κ2) is 11.2. The number of carbonyl (C=O) groups is 2. The monoisotopic (exact) mass is 475 g/mol. The second-order valence-corrected chi connectivity index (χ2v) is 8.62. The molecule has 0 saturated carbocycles. The first-order valence-corrected chi connectivity index (χ1v) is 12.2. The number of amides is 2. The van der Waals surface area contributed by atoms with Gasteiger partial charge in [0.1, 0.15) is 6.54 Å². The molecule has 1 saturated heterocycles. The first-order valence-electron chi connectivity index (χ1n) is 12.2. The molecule has 2 aromatic carbocycles. The number of ether oxygens (including phenoxy) is 1. The number of rotatable bonds is 8. The zero-order valence-corrected chi connectivity index (χ0v) is 20.7. The predicted molar refractivity (Wildman–Crippen MR) is 137 cm³/mol. The van der Waals surface area contributed by atoms with E-state index in [0.29, 0.717) is 24.2 Å². The van der Waals surface area contributed by atoms with Crippen LogP contribution in [-0.2, 0) is 16.0 Å². The molecule has 184 valence electrons. The zero-order valence-electron chi connectivity index (χ0n) is 20.7. The number of likely N-dealkylation sites (N-methyl/N-ethyl adjacent to an activating group) is 1. The summed E-state index contributed by atoms with van der Waals surface area (Å²) in [5.41, 5.74) is 5.24. The van der Waals surface area contributed by atoms with Crippen LogP contribution in [0.4, 0.5) is 11.4 Å². The minimum absolute atomic E-state index is 0.0284. The van der Waals surface area contributed by atoms with Gasteiger partial charge in [0.15, 0.2) is 0 Å². The van der Waals surface area contributed by atoms with Crippen LogP contribution in [0.25, 0.3) is 5.69 Å². The van der Waals surface area contributed by atoms with Gasteiger partial charge in [-0.1, -0.05) is 24.6 Å². The van der Waals surface area contributed by atoms with Crippen LogP contribution in [-0.4, -0.2) is 65.9 Å². The Morgan fingerprint density at radius 2 is 1.66 bits per heavy atom. The zero-order chi connectivity index (χ0) is 24.8. The number of carbonyl (C=O) groups excluding carboxylic acids is 2. The van der Waals surface area contributed by atoms with Crippen molar-refractivity contribution in [3.63, 3.8) is 0 Å². The van der Waals surface area contributed by atoms with Gasteiger partial charge in [-0.05, 0) is 56.7 Å². The quantitative estimate of drug-likeness (QED) is 0.538. The molecule has 8 heteroatoms. The van der Waals surface area contributed by atoms with Crippen molar-refractivity contribution < 1.29 is 14.3 Å². The molecule has 0 atom stereocenters. The molecule has 0 bridgehead atoms. The number of hydrogen-bond acceptors (Lipinski definition) is 5. The third-order valence-electron chi connectivity index (χ3n) is 6.24. The van der Waals surface area contributed by atoms with E-state index in [1.807, 2.05) is 69.3 Å². The van der Waals surface area contributed by atoms with Gasteiger partial charge in [0, 0.05) is 31.0 Å². The molecule has 0 spiro atoms. The number of nitrogens with one attached hydrogen (secondary N) is 1. The average molecular weight is 476 g/mol. The van der Waals surface area contributed by atoms with E-state index in [1.54, 1.807) is 15.8 Å². The van der Waals surface area contributed by atoms with Crippen molar-refractivity contribution in [3.8, 4) is 5.69 Å². The summed E-state index contributed by atoms with van der Waals surface area (Å²) < 4.78 is 7.20. The van der Waals surface area contributed by atoms with Gasteiger partial charge in [-0.3, -0.25) is 9.59 Å². The average Bonchev–Trinajstić information content (AvgIpc) is 3.32. The molecule has 1 aliphatic heterocycles. The molecule has 2 amide bonds. The van der Waals surface area contributed by atoms with Gasteiger partial charge in [-0.15, -0.1) is 0 Å². The standard InChI is InChI=1S/C27H33N5O3/c1-4-25-24(18-28-32(25)23-10-6-20(3)7-11-23)27(34)30(5-2)19-26(33)29-21-8-12-22(13-9-21)31-14-16-35-17-15-31/h6-13,18H,4-5,14-17,19H2,1-3H3,(H,29,33). The largest absolute Gasteiger partial charge is 0.378 e. The number of nitrogens with zero attached hydrogens (tertiary/aromatic N) is 4. The number of anilines is 2. The molecule has 2 heterocycles. The molecule has 0 aliphatic carbocycles. The number of morpholine rings is 1. The molecule has 0 unspecified atom stereocenters. The first kappa shape index (κ1) is 24.5. The lowest BCUT2D eigenvalue weighted by molar-refractivity contribution is -0.116. The Bertz CT molecular complexity index is 1150. The summed E-state index contributed by atoms with van der Waals surface area (Å²) in [4.78, 5) is 29.9. The number of aromatic nitrogens is 2. The smallest absolute Gasteiger partial charge is 0.257 e. The van der Waals surface area contributed by atoms with Crippen molar-refractivity contribution in [3.05, 3.63) is 71.5 Å². The maximum Gasteiger partial charge on any atom is 0.257 e. The summed E-state index contributed by atoms with van der Waals surface area (Å²) in [6.07, 6.45) is 2.25. The molecule has 35 heavy (non-hydrogen) atoms. The fourth-order valence-electron chi connectivity index (χ4n) is 4.25. The highest BCUT2D eigenvalue weighted by atomic mass is 16.5. The van der Waals surface area contributed by atoms with Gasteiger partial charge in [0.2, 0.25) is 5.91 Å². The molecule has 1 fully saturated rings. The normalized spacial score (nSPS) is 13.5. The maximum atomic E-state index is 13.3. The van der Waals surface area contributed by atoms with E-state index in [0.717, 1.165) is 48.9 Å². The Hall–Kier alpha value is -3.65. The van der Waals surface area contributed by atoms with Gasteiger partial charge < -0.3 is 19.9 Å². The van der Waals surface area contributed by atoms with E-state index in [-0.39, 0.29) is 18.4 Å². The molecule has 0 radical (unpaired) electrons. The Labute approximate surface area is 206 Å². The summed E-state index contributed by atoms with van der Waals surface area (Å²) in [7, 11) is 0. The van der Waals surface area contributed by atoms with Crippen molar-refractivity contribution in [1.82, 2.24) is 14.7 Å².